The van der Waals surface area contributed by atoms with E-state index < -0.39 is 57.4 Å². The van der Waals surface area contributed by atoms with E-state index in [2.05, 4.69) is 0 Å². The number of anilines is 1. The molecule has 0 atom stereocenters. The lowest BCUT2D eigenvalue weighted by Gasteiger charge is -2.14. The number of ketones is 1. The lowest BCUT2D eigenvalue weighted by molar-refractivity contribution is 0.0473. The molecule has 1 aromatic heterocycles. The van der Waals surface area contributed by atoms with Gasteiger partial charge in [0, 0.05) is 13.6 Å². The minimum Gasteiger partial charge on any atom is -0.454 e. The first kappa shape index (κ1) is 21.3. The second-order valence-corrected chi connectivity index (χ2v) is 6.21. The van der Waals surface area contributed by atoms with Gasteiger partial charge >= 0.3 is 11.7 Å². The minimum atomic E-state index is -1.33. The number of Topliss-reactive ketones (excluding diaryl/α,β-unsaturated/α-hetero) is 1. The molecular weight excluding hydrogens is 400 g/mol. The predicted octanol–water partition coefficient (Wildman–Crippen LogP) is 1.51. The standard InChI is InChI=1S/C17H16ClF2N3O5/c1-3-4-23-14(21)13(15(25)22(2)17(23)27)12(24)7-28-16(26)8-5-10(19)11(20)6-9(8)18/h5-6H,3-4,7,21H2,1-2H3. The Bertz CT molecular complexity index is 1080. The summed E-state index contributed by atoms with van der Waals surface area (Å²) in [6, 6.07) is 1.11. The molecule has 1 aromatic carbocycles. The summed E-state index contributed by atoms with van der Waals surface area (Å²) in [4.78, 5) is 48.7. The number of rotatable bonds is 6. The van der Waals surface area contributed by atoms with Gasteiger partial charge in [0.2, 0.25) is 5.78 Å². The molecule has 28 heavy (non-hydrogen) atoms. The van der Waals surface area contributed by atoms with Gasteiger partial charge < -0.3 is 10.5 Å². The average Bonchev–Trinajstić information content (AvgIpc) is 2.64. The van der Waals surface area contributed by atoms with Crippen molar-refractivity contribution >= 4 is 29.2 Å². The van der Waals surface area contributed by atoms with E-state index >= 15 is 0 Å². The van der Waals surface area contributed by atoms with Crippen molar-refractivity contribution in [1.82, 2.24) is 9.13 Å². The lowest BCUT2D eigenvalue weighted by atomic mass is 10.2. The fourth-order valence-electron chi connectivity index (χ4n) is 2.45. The van der Waals surface area contributed by atoms with E-state index in [1.54, 1.807) is 6.92 Å². The highest BCUT2D eigenvalue weighted by Gasteiger charge is 2.23. The van der Waals surface area contributed by atoms with Gasteiger partial charge in [-0.1, -0.05) is 18.5 Å². The van der Waals surface area contributed by atoms with Crippen LogP contribution in [0.3, 0.4) is 0 Å². The van der Waals surface area contributed by atoms with Crippen LogP contribution >= 0.6 is 11.6 Å². The zero-order chi connectivity index (χ0) is 21.2. The Morgan fingerprint density at radius 3 is 2.43 bits per heavy atom. The maximum Gasteiger partial charge on any atom is 0.340 e. The molecule has 0 aliphatic rings. The van der Waals surface area contributed by atoms with E-state index in [4.69, 9.17) is 22.1 Å². The normalized spacial score (nSPS) is 10.8. The van der Waals surface area contributed by atoms with Gasteiger partial charge in [0.05, 0.1) is 10.6 Å². The summed E-state index contributed by atoms with van der Waals surface area (Å²) in [6.45, 7) is 1.02. The maximum atomic E-state index is 13.3. The first-order valence-electron chi connectivity index (χ1n) is 8.04. The molecule has 0 saturated carbocycles. The van der Waals surface area contributed by atoms with Crippen molar-refractivity contribution < 1.29 is 23.1 Å². The number of benzene rings is 1. The van der Waals surface area contributed by atoms with Gasteiger partial charge in [-0.25, -0.2) is 18.4 Å². The molecular formula is C17H16ClF2N3O5. The third-order valence-corrected chi connectivity index (χ3v) is 4.19. The van der Waals surface area contributed by atoms with E-state index in [1.165, 1.54) is 7.05 Å². The summed E-state index contributed by atoms with van der Waals surface area (Å²) < 4.78 is 32.9. The Morgan fingerprint density at radius 1 is 1.21 bits per heavy atom. The molecule has 0 bridgehead atoms. The van der Waals surface area contributed by atoms with Crippen molar-refractivity contribution in [3.63, 3.8) is 0 Å². The fourth-order valence-corrected chi connectivity index (χ4v) is 2.67. The fraction of sp³-hybridized carbons (Fsp3) is 0.294. The van der Waals surface area contributed by atoms with E-state index in [1.807, 2.05) is 0 Å². The summed E-state index contributed by atoms with van der Waals surface area (Å²) in [5.41, 5.74) is 3.15. The van der Waals surface area contributed by atoms with Crippen LogP contribution in [0.1, 0.15) is 34.1 Å². The second kappa shape index (κ2) is 8.34. The Hall–Kier alpha value is -3.01. The quantitative estimate of drug-likeness (QED) is 0.434. The van der Waals surface area contributed by atoms with Gasteiger partial charge in [-0.2, -0.15) is 0 Å². The van der Waals surface area contributed by atoms with Crippen LogP contribution in [0.2, 0.25) is 5.02 Å². The number of hydrogen-bond donors (Lipinski definition) is 1. The highest BCUT2D eigenvalue weighted by molar-refractivity contribution is 6.33. The summed E-state index contributed by atoms with van der Waals surface area (Å²) in [7, 11) is 1.18. The number of ether oxygens (including phenoxy) is 1. The number of nitrogen functional groups attached to an aromatic ring is 1. The molecule has 0 fully saturated rings. The number of carbonyl (C=O) groups excluding carboxylic acids is 2. The average molecular weight is 416 g/mol. The van der Waals surface area contributed by atoms with Crippen LogP contribution < -0.4 is 17.0 Å². The van der Waals surface area contributed by atoms with Gasteiger partial charge in [-0.15, -0.1) is 0 Å². The first-order valence-corrected chi connectivity index (χ1v) is 8.42. The largest absolute Gasteiger partial charge is 0.454 e. The molecule has 2 aromatic rings. The summed E-state index contributed by atoms with van der Waals surface area (Å²) >= 11 is 5.67. The van der Waals surface area contributed by atoms with Crippen molar-refractivity contribution in [2.75, 3.05) is 12.3 Å². The van der Waals surface area contributed by atoms with Gasteiger partial charge in [0.25, 0.3) is 5.56 Å². The van der Waals surface area contributed by atoms with Gasteiger partial charge in [-0.3, -0.25) is 18.7 Å². The highest BCUT2D eigenvalue weighted by Crippen LogP contribution is 2.21. The van der Waals surface area contributed by atoms with Crippen molar-refractivity contribution in [3.8, 4) is 0 Å². The highest BCUT2D eigenvalue weighted by atomic mass is 35.5. The van der Waals surface area contributed by atoms with Crippen LogP contribution in [0.15, 0.2) is 21.7 Å². The first-order chi connectivity index (χ1) is 13.1. The number of nitrogens with two attached hydrogens (primary N) is 1. The SMILES string of the molecule is CCCn1c(N)c(C(=O)COC(=O)c2cc(F)c(F)cc2Cl)c(=O)n(C)c1=O. The topological polar surface area (TPSA) is 113 Å². The third-order valence-electron chi connectivity index (χ3n) is 3.87. The summed E-state index contributed by atoms with van der Waals surface area (Å²) in [5.74, 6) is -5.09. The third kappa shape index (κ3) is 3.96. The Morgan fingerprint density at radius 2 is 1.82 bits per heavy atom. The van der Waals surface area contributed by atoms with Crippen LogP contribution in [-0.2, 0) is 18.3 Å². The summed E-state index contributed by atoms with van der Waals surface area (Å²) in [5, 5.41) is -0.414. The van der Waals surface area contributed by atoms with Crippen LogP contribution in [0, 0.1) is 11.6 Å². The maximum absolute atomic E-state index is 13.3. The second-order valence-electron chi connectivity index (χ2n) is 5.80. The summed E-state index contributed by atoms with van der Waals surface area (Å²) in [6.07, 6.45) is 0.513. The zero-order valence-corrected chi connectivity index (χ0v) is 15.7. The molecule has 0 amide bonds. The van der Waals surface area contributed by atoms with E-state index in [0.29, 0.717) is 23.1 Å². The molecule has 0 unspecified atom stereocenters. The molecule has 0 saturated heterocycles. The van der Waals surface area contributed by atoms with E-state index in [9.17, 15) is 28.0 Å². The Kier molecular flexibility index (Phi) is 6.34. The van der Waals surface area contributed by atoms with Crippen LogP contribution in [0.25, 0.3) is 0 Å². The molecule has 150 valence electrons. The minimum absolute atomic E-state index is 0.170. The van der Waals surface area contributed by atoms with Crippen LogP contribution in [-0.4, -0.2) is 27.5 Å². The number of carbonyl (C=O) groups is 2. The van der Waals surface area contributed by atoms with Crippen molar-refractivity contribution in [3.05, 3.63) is 60.8 Å². The number of hydrogen-bond acceptors (Lipinski definition) is 6. The number of halogens is 3. The predicted molar refractivity (Wildman–Crippen MR) is 96.6 cm³/mol. The van der Waals surface area contributed by atoms with Crippen LogP contribution in [0.4, 0.5) is 14.6 Å². The Balaban J connectivity index is 2.31. The molecule has 0 spiro atoms. The van der Waals surface area contributed by atoms with Gasteiger partial charge in [0.15, 0.2) is 18.2 Å². The molecule has 2 rings (SSSR count). The number of nitrogens with zero attached hydrogens (tertiary/aromatic N) is 2. The zero-order valence-electron chi connectivity index (χ0n) is 14.9. The molecule has 0 radical (unpaired) electrons. The smallest absolute Gasteiger partial charge is 0.340 e. The molecule has 2 N–H and O–H groups in total. The number of aromatic nitrogens is 2. The van der Waals surface area contributed by atoms with Gasteiger partial charge in [-0.05, 0) is 18.6 Å². The Labute approximate surface area is 162 Å². The van der Waals surface area contributed by atoms with Crippen molar-refractivity contribution in [2.45, 2.75) is 19.9 Å². The van der Waals surface area contributed by atoms with E-state index in [-0.39, 0.29) is 12.4 Å². The van der Waals surface area contributed by atoms with E-state index in [0.717, 1.165) is 4.57 Å². The molecule has 0 aliphatic heterocycles. The molecule has 8 nitrogen and oxygen atoms in total. The molecule has 11 heteroatoms. The monoisotopic (exact) mass is 415 g/mol. The van der Waals surface area contributed by atoms with Crippen LogP contribution in [0.5, 0.6) is 0 Å². The van der Waals surface area contributed by atoms with Crippen molar-refractivity contribution in [2.24, 2.45) is 7.05 Å². The number of esters is 1. The molecule has 0 aliphatic carbocycles. The van der Waals surface area contributed by atoms with Crippen molar-refractivity contribution in [1.29, 1.82) is 0 Å². The van der Waals surface area contributed by atoms with Gasteiger partial charge in [0.1, 0.15) is 11.4 Å². The molecule has 1 heterocycles. The lowest BCUT2D eigenvalue weighted by Crippen LogP contribution is -2.43.